The Morgan fingerprint density at radius 2 is 2.22 bits per heavy atom. The van der Waals surface area contributed by atoms with E-state index in [1.807, 2.05) is 12.1 Å². The van der Waals surface area contributed by atoms with Crippen molar-refractivity contribution in [2.24, 2.45) is 0 Å². The quantitative estimate of drug-likeness (QED) is 0.890. The summed E-state index contributed by atoms with van der Waals surface area (Å²) in [5.41, 5.74) is -0.269. The lowest BCUT2D eigenvalue weighted by Crippen LogP contribution is -2.31. The van der Waals surface area contributed by atoms with E-state index in [0.717, 1.165) is 5.56 Å². The summed E-state index contributed by atoms with van der Waals surface area (Å²) in [5, 5.41) is 14.0. The number of benzene rings is 1. The second-order valence-electron chi connectivity index (χ2n) is 4.23. The summed E-state index contributed by atoms with van der Waals surface area (Å²) in [7, 11) is 0. The summed E-state index contributed by atoms with van der Waals surface area (Å²) in [4.78, 5) is 8.03. The molecule has 4 nitrogen and oxygen atoms in total. The Labute approximate surface area is 111 Å². The van der Waals surface area contributed by atoms with E-state index in [9.17, 15) is 5.11 Å². The van der Waals surface area contributed by atoms with E-state index in [2.05, 4.69) is 15.3 Å². The predicted molar refractivity (Wildman–Crippen MR) is 71.5 cm³/mol. The lowest BCUT2D eigenvalue weighted by Gasteiger charge is -2.24. The van der Waals surface area contributed by atoms with Gasteiger partial charge in [0.1, 0.15) is 11.4 Å². The molecule has 18 heavy (non-hydrogen) atoms. The van der Waals surface area contributed by atoms with Crippen molar-refractivity contribution in [1.82, 2.24) is 9.97 Å². The molecule has 0 bridgehead atoms. The molecule has 2 aromatic rings. The monoisotopic (exact) mass is 263 g/mol. The van der Waals surface area contributed by atoms with Gasteiger partial charge in [-0.25, -0.2) is 4.98 Å². The summed E-state index contributed by atoms with van der Waals surface area (Å²) in [6.07, 6.45) is 4.80. The van der Waals surface area contributed by atoms with Crippen LogP contribution in [0.15, 0.2) is 42.9 Å². The Balaban J connectivity index is 2.08. The third-order valence-electron chi connectivity index (χ3n) is 2.62. The number of aromatic nitrogens is 2. The molecule has 0 saturated carbocycles. The first-order valence-corrected chi connectivity index (χ1v) is 5.94. The molecule has 0 saturated heterocycles. The average Bonchev–Trinajstić information content (AvgIpc) is 2.38. The summed E-state index contributed by atoms with van der Waals surface area (Å²) in [6, 6.07) is 7.18. The fourth-order valence-electron chi connectivity index (χ4n) is 1.58. The van der Waals surface area contributed by atoms with Gasteiger partial charge in [0.05, 0.1) is 6.20 Å². The van der Waals surface area contributed by atoms with Crippen LogP contribution in [-0.2, 0) is 5.60 Å². The van der Waals surface area contributed by atoms with Gasteiger partial charge in [-0.3, -0.25) is 4.98 Å². The summed E-state index contributed by atoms with van der Waals surface area (Å²) in [5.74, 6) is 0.625. The van der Waals surface area contributed by atoms with Gasteiger partial charge in [0.25, 0.3) is 0 Å². The van der Waals surface area contributed by atoms with Crippen LogP contribution in [0.3, 0.4) is 0 Å². The van der Waals surface area contributed by atoms with Gasteiger partial charge in [-0.05, 0) is 24.6 Å². The lowest BCUT2D eigenvalue weighted by molar-refractivity contribution is 0.0714. The Hall–Kier alpha value is -1.65. The SMILES string of the molecule is C[C@](O)(CNc1cnccn1)c1cccc(Cl)c1. The van der Waals surface area contributed by atoms with Gasteiger partial charge >= 0.3 is 0 Å². The van der Waals surface area contributed by atoms with Crippen molar-refractivity contribution in [3.8, 4) is 0 Å². The number of aliphatic hydroxyl groups is 1. The molecule has 1 atom stereocenters. The van der Waals surface area contributed by atoms with Gasteiger partial charge in [0, 0.05) is 24.0 Å². The highest BCUT2D eigenvalue weighted by Crippen LogP contribution is 2.23. The molecular formula is C13H14ClN3O. The minimum atomic E-state index is -1.03. The number of rotatable bonds is 4. The lowest BCUT2D eigenvalue weighted by atomic mass is 9.96. The molecule has 94 valence electrons. The molecule has 5 heteroatoms. The number of hydrogen-bond acceptors (Lipinski definition) is 4. The van der Waals surface area contributed by atoms with Crippen LogP contribution < -0.4 is 5.32 Å². The van der Waals surface area contributed by atoms with Crippen molar-refractivity contribution in [2.45, 2.75) is 12.5 Å². The Bertz CT molecular complexity index is 517. The van der Waals surface area contributed by atoms with Crippen molar-refractivity contribution in [3.63, 3.8) is 0 Å². The predicted octanol–water partition coefficient (Wildman–Crippen LogP) is 2.45. The van der Waals surface area contributed by atoms with Crippen LogP contribution >= 0.6 is 11.6 Å². The summed E-state index contributed by atoms with van der Waals surface area (Å²) >= 11 is 5.91. The second-order valence-corrected chi connectivity index (χ2v) is 4.66. The first kappa shape index (κ1) is 12.8. The smallest absolute Gasteiger partial charge is 0.144 e. The number of hydrogen-bond donors (Lipinski definition) is 2. The molecule has 0 aliphatic carbocycles. The molecule has 2 rings (SSSR count). The van der Waals surface area contributed by atoms with Crippen LogP contribution in [0.2, 0.25) is 5.02 Å². The first-order chi connectivity index (χ1) is 8.58. The second kappa shape index (κ2) is 5.33. The highest BCUT2D eigenvalue weighted by Gasteiger charge is 2.23. The average molecular weight is 264 g/mol. The van der Waals surface area contributed by atoms with Gasteiger partial charge in [0.2, 0.25) is 0 Å². The van der Waals surface area contributed by atoms with Crippen LogP contribution in [0.5, 0.6) is 0 Å². The van der Waals surface area contributed by atoms with Crippen molar-refractivity contribution < 1.29 is 5.11 Å². The topological polar surface area (TPSA) is 58.0 Å². The van der Waals surface area contributed by atoms with Crippen LogP contribution in [0.4, 0.5) is 5.82 Å². The van der Waals surface area contributed by atoms with Crippen molar-refractivity contribution in [3.05, 3.63) is 53.4 Å². The van der Waals surface area contributed by atoms with Crippen LogP contribution in [0.25, 0.3) is 0 Å². The van der Waals surface area contributed by atoms with E-state index in [4.69, 9.17) is 11.6 Å². The van der Waals surface area contributed by atoms with Gasteiger partial charge in [-0.1, -0.05) is 23.7 Å². The fourth-order valence-corrected chi connectivity index (χ4v) is 1.77. The van der Waals surface area contributed by atoms with Gasteiger partial charge in [-0.15, -0.1) is 0 Å². The van der Waals surface area contributed by atoms with Crippen LogP contribution in [-0.4, -0.2) is 21.6 Å². The molecule has 1 aromatic carbocycles. The number of halogens is 1. The zero-order valence-corrected chi connectivity index (χ0v) is 10.7. The standard InChI is InChI=1S/C13H14ClN3O/c1-13(18,10-3-2-4-11(14)7-10)9-17-12-8-15-5-6-16-12/h2-8,18H,9H2,1H3,(H,16,17)/t13-/m0/s1. The minimum absolute atomic E-state index is 0.325. The van der Waals surface area contributed by atoms with Crippen molar-refractivity contribution in [2.75, 3.05) is 11.9 Å². The maximum Gasteiger partial charge on any atom is 0.144 e. The van der Waals surface area contributed by atoms with Crippen LogP contribution in [0, 0.1) is 0 Å². The number of nitrogens with one attached hydrogen (secondary N) is 1. The maximum atomic E-state index is 10.4. The van der Waals surface area contributed by atoms with E-state index in [0.29, 0.717) is 17.4 Å². The fraction of sp³-hybridized carbons (Fsp3) is 0.231. The molecular weight excluding hydrogens is 250 g/mol. The van der Waals surface area contributed by atoms with E-state index < -0.39 is 5.60 Å². The highest BCUT2D eigenvalue weighted by molar-refractivity contribution is 6.30. The first-order valence-electron chi connectivity index (χ1n) is 5.56. The number of anilines is 1. The third-order valence-corrected chi connectivity index (χ3v) is 2.86. The zero-order chi connectivity index (χ0) is 13.0. The molecule has 0 aliphatic rings. The maximum absolute atomic E-state index is 10.4. The Kier molecular flexibility index (Phi) is 3.79. The molecule has 1 heterocycles. The third kappa shape index (κ3) is 3.18. The molecule has 1 aromatic heterocycles. The summed E-state index contributed by atoms with van der Waals surface area (Å²) < 4.78 is 0. The summed E-state index contributed by atoms with van der Waals surface area (Å²) in [6.45, 7) is 2.05. The molecule has 2 N–H and O–H groups in total. The van der Waals surface area contributed by atoms with E-state index in [1.54, 1.807) is 37.6 Å². The molecule has 0 radical (unpaired) electrons. The minimum Gasteiger partial charge on any atom is -0.384 e. The van der Waals surface area contributed by atoms with E-state index >= 15 is 0 Å². The van der Waals surface area contributed by atoms with Crippen molar-refractivity contribution >= 4 is 17.4 Å². The number of nitrogens with zero attached hydrogens (tertiary/aromatic N) is 2. The van der Waals surface area contributed by atoms with E-state index in [-0.39, 0.29) is 0 Å². The molecule has 0 spiro atoms. The largest absolute Gasteiger partial charge is 0.384 e. The molecule has 0 unspecified atom stereocenters. The molecule has 0 fully saturated rings. The van der Waals surface area contributed by atoms with Gasteiger partial charge in [0.15, 0.2) is 0 Å². The van der Waals surface area contributed by atoms with E-state index in [1.165, 1.54) is 0 Å². The molecule has 0 amide bonds. The Morgan fingerprint density at radius 3 is 2.89 bits per heavy atom. The highest BCUT2D eigenvalue weighted by atomic mass is 35.5. The Morgan fingerprint density at radius 1 is 1.39 bits per heavy atom. The molecule has 0 aliphatic heterocycles. The van der Waals surface area contributed by atoms with Gasteiger partial charge < -0.3 is 10.4 Å². The zero-order valence-electron chi connectivity index (χ0n) is 9.97. The van der Waals surface area contributed by atoms with Crippen LogP contribution in [0.1, 0.15) is 12.5 Å². The van der Waals surface area contributed by atoms with Gasteiger partial charge in [-0.2, -0.15) is 0 Å². The normalized spacial score (nSPS) is 13.9. The van der Waals surface area contributed by atoms with Crippen molar-refractivity contribution in [1.29, 1.82) is 0 Å².